The van der Waals surface area contributed by atoms with Crippen molar-refractivity contribution >= 4 is 45.8 Å². The maximum Gasteiger partial charge on any atom is 0.237 e. The Labute approximate surface area is 157 Å². The summed E-state index contributed by atoms with van der Waals surface area (Å²) >= 11 is 2.48. The lowest BCUT2D eigenvalue weighted by atomic mass is 10.3. The van der Waals surface area contributed by atoms with Gasteiger partial charge in [0.15, 0.2) is 4.34 Å². The number of carbonyl (C=O) groups is 1. The topological polar surface area (TPSA) is 92.7 Å². The van der Waals surface area contributed by atoms with Crippen LogP contribution in [0.4, 0.5) is 21.2 Å². The van der Waals surface area contributed by atoms with E-state index in [1.807, 2.05) is 19.9 Å². The minimum atomic E-state index is -0.371. The average molecular weight is 390 g/mol. The maximum atomic E-state index is 13.6. The van der Waals surface area contributed by atoms with Gasteiger partial charge in [0, 0.05) is 11.4 Å². The number of nitrogens with one attached hydrogen (secondary N) is 2. The molecule has 0 saturated heterocycles. The van der Waals surface area contributed by atoms with Crippen LogP contribution < -0.4 is 10.6 Å². The minimum absolute atomic E-state index is 0.144. The molecule has 0 radical (unpaired) electrons. The van der Waals surface area contributed by atoms with E-state index in [1.54, 1.807) is 18.2 Å². The molecule has 7 nitrogen and oxygen atoms in total. The maximum absolute atomic E-state index is 13.6. The molecule has 3 aromatic rings. The molecule has 134 valence electrons. The number of halogens is 1. The second kappa shape index (κ2) is 8.19. The Morgan fingerprint density at radius 1 is 1.19 bits per heavy atom. The predicted octanol–water partition coefficient (Wildman–Crippen LogP) is 3.56. The van der Waals surface area contributed by atoms with Crippen LogP contribution in [0, 0.1) is 19.7 Å². The summed E-state index contributed by atoms with van der Waals surface area (Å²) in [5.41, 5.74) is 1.90. The summed E-state index contributed by atoms with van der Waals surface area (Å²) in [6.45, 7) is 3.68. The Bertz CT molecular complexity index is 912. The van der Waals surface area contributed by atoms with Crippen molar-refractivity contribution in [3.63, 3.8) is 0 Å². The SMILES string of the molecule is Cc1cc(C)nc(NC(=O)CSc2nnc(Nc3ccccc3F)s2)n1. The van der Waals surface area contributed by atoms with E-state index in [4.69, 9.17) is 0 Å². The number of aromatic nitrogens is 4. The lowest BCUT2D eigenvalue weighted by Gasteiger charge is -2.04. The monoisotopic (exact) mass is 390 g/mol. The number of amides is 1. The first kappa shape index (κ1) is 18.2. The van der Waals surface area contributed by atoms with Gasteiger partial charge in [0.25, 0.3) is 0 Å². The van der Waals surface area contributed by atoms with Crippen LogP contribution in [0.3, 0.4) is 0 Å². The highest BCUT2D eigenvalue weighted by atomic mass is 32.2. The highest BCUT2D eigenvalue weighted by Crippen LogP contribution is 2.28. The van der Waals surface area contributed by atoms with Crippen molar-refractivity contribution in [2.75, 3.05) is 16.4 Å². The lowest BCUT2D eigenvalue weighted by Crippen LogP contribution is -2.16. The van der Waals surface area contributed by atoms with E-state index in [9.17, 15) is 9.18 Å². The smallest absolute Gasteiger partial charge is 0.237 e. The molecule has 26 heavy (non-hydrogen) atoms. The van der Waals surface area contributed by atoms with E-state index in [0.29, 0.717) is 15.2 Å². The minimum Gasteiger partial charge on any atom is -0.328 e. The summed E-state index contributed by atoms with van der Waals surface area (Å²) in [5.74, 6) is -0.180. The summed E-state index contributed by atoms with van der Waals surface area (Å²) in [6, 6.07) is 8.14. The van der Waals surface area contributed by atoms with Crippen LogP contribution in [0.15, 0.2) is 34.7 Å². The zero-order valence-electron chi connectivity index (χ0n) is 14.0. The molecule has 0 aliphatic heterocycles. The highest BCUT2D eigenvalue weighted by molar-refractivity contribution is 8.01. The normalized spacial score (nSPS) is 10.6. The zero-order chi connectivity index (χ0) is 18.5. The van der Waals surface area contributed by atoms with Crippen LogP contribution in [-0.2, 0) is 4.79 Å². The fourth-order valence-electron chi connectivity index (χ4n) is 2.07. The Morgan fingerprint density at radius 3 is 2.65 bits per heavy atom. The van der Waals surface area contributed by atoms with Gasteiger partial charge in [-0.15, -0.1) is 10.2 Å². The van der Waals surface area contributed by atoms with Crippen molar-refractivity contribution in [1.82, 2.24) is 20.2 Å². The highest BCUT2D eigenvalue weighted by Gasteiger charge is 2.11. The molecule has 0 spiro atoms. The van der Waals surface area contributed by atoms with Gasteiger partial charge in [-0.1, -0.05) is 35.2 Å². The molecule has 0 saturated carbocycles. The number of rotatable bonds is 6. The first-order valence-electron chi connectivity index (χ1n) is 7.59. The van der Waals surface area contributed by atoms with Gasteiger partial charge in [-0.2, -0.15) is 0 Å². The second-order valence-electron chi connectivity index (χ2n) is 5.29. The molecule has 2 heterocycles. The van der Waals surface area contributed by atoms with Crippen LogP contribution in [0.2, 0.25) is 0 Å². The van der Waals surface area contributed by atoms with Crippen molar-refractivity contribution in [2.24, 2.45) is 0 Å². The number of thioether (sulfide) groups is 1. The molecule has 0 aliphatic carbocycles. The van der Waals surface area contributed by atoms with E-state index in [0.717, 1.165) is 11.4 Å². The summed E-state index contributed by atoms with van der Waals surface area (Å²) in [7, 11) is 0. The van der Waals surface area contributed by atoms with Crippen LogP contribution in [0.1, 0.15) is 11.4 Å². The third kappa shape index (κ3) is 4.96. The summed E-state index contributed by atoms with van der Waals surface area (Å²) in [5, 5.41) is 13.9. The zero-order valence-corrected chi connectivity index (χ0v) is 15.6. The molecule has 0 unspecified atom stereocenters. The number of nitrogens with zero attached hydrogens (tertiary/aromatic N) is 4. The van der Waals surface area contributed by atoms with E-state index in [-0.39, 0.29) is 23.4 Å². The third-order valence-corrected chi connectivity index (χ3v) is 5.05. The Hall–Kier alpha value is -2.59. The summed E-state index contributed by atoms with van der Waals surface area (Å²) in [4.78, 5) is 20.4. The van der Waals surface area contributed by atoms with Crippen molar-refractivity contribution in [3.8, 4) is 0 Å². The van der Waals surface area contributed by atoms with E-state index in [2.05, 4.69) is 30.8 Å². The number of para-hydroxylation sites is 1. The van der Waals surface area contributed by atoms with Crippen LogP contribution >= 0.6 is 23.1 Å². The standard InChI is InChI=1S/C16H15FN6OS2/c1-9-7-10(2)19-14(18-9)21-13(24)8-25-16-23-22-15(26-16)20-12-6-4-3-5-11(12)17/h3-7H,8H2,1-2H3,(H,20,22)(H,18,19,21,24). The number of benzene rings is 1. The number of carbonyl (C=O) groups excluding carboxylic acids is 1. The van der Waals surface area contributed by atoms with Gasteiger partial charge in [0.05, 0.1) is 11.4 Å². The van der Waals surface area contributed by atoms with Gasteiger partial charge < -0.3 is 5.32 Å². The molecule has 2 N–H and O–H groups in total. The van der Waals surface area contributed by atoms with Gasteiger partial charge in [-0.25, -0.2) is 14.4 Å². The molecule has 1 amide bonds. The Kier molecular flexibility index (Phi) is 5.74. The average Bonchev–Trinajstić information content (AvgIpc) is 3.02. The predicted molar refractivity (Wildman–Crippen MR) is 100 cm³/mol. The largest absolute Gasteiger partial charge is 0.328 e. The van der Waals surface area contributed by atoms with Crippen LogP contribution in [0.25, 0.3) is 0 Å². The number of hydrogen-bond acceptors (Lipinski definition) is 8. The van der Waals surface area contributed by atoms with Crippen molar-refractivity contribution in [1.29, 1.82) is 0 Å². The van der Waals surface area contributed by atoms with Gasteiger partial charge in [0.1, 0.15) is 5.82 Å². The molecule has 10 heteroatoms. The fraction of sp³-hybridized carbons (Fsp3) is 0.188. The molecule has 0 fully saturated rings. The Morgan fingerprint density at radius 2 is 1.92 bits per heavy atom. The molecular weight excluding hydrogens is 375 g/mol. The van der Waals surface area contributed by atoms with Crippen LogP contribution in [-0.4, -0.2) is 31.8 Å². The molecular formula is C16H15FN6OS2. The summed E-state index contributed by atoms with van der Waals surface area (Å²) < 4.78 is 14.2. The molecule has 0 atom stereocenters. The fourth-order valence-corrected chi connectivity index (χ4v) is 3.63. The van der Waals surface area contributed by atoms with Crippen LogP contribution in [0.5, 0.6) is 0 Å². The molecule has 3 rings (SSSR count). The first-order chi connectivity index (χ1) is 12.5. The number of hydrogen-bond donors (Lipinski definition) is 2. The van der Waals surface area contributed by atoms with Gasteiger partial charge in [-0.05, 0) is 32.0 Å². The van der Waals surface area contributed by atoms with Gasteiger partial charge in [-0.3, -0.25) is 10.1 Å². The van der Waals surface area contributed by atoms with Crippen molar-refractivity contribution < 1.29 is 9.18 Å². The third-order valence-electron chi connectivity index (χ3n) is 3.08. The second-order valence-corrected chi connectivity index (χ2v) is 7.49. The first-order valence-corrected chi connectivity index (χ1v) is 9.40. The number of aryl methyl sites for hydroxylation is 2. The van der Waals surface area contributed by atoms with Crippen molar-refractivity contribution in [3.05, 3.63) is 47.5 Å². The lowest BCUT2D eigenvalue weighted by molar-refractivity contribution is -0.113. The summed E-state index contributed by atoms with van der Waals surface area (Å²) in [6.07, 6.45) is 0. The molecule has 2 aromatic heterocycles. The molecule has 1 aromatic carbocycles. The molecule has 0 aliphatic rings. The number of anilines is 3. The van der Waals surface area contributed by atoms with Crippen molar-refractivity contribution in [2.45, 2.75) is 18.2 Å². The quantitative estimate of drug-likeness (QED) is 0.622. The molecule has 0 bridgehead atoms. The van der Waals surface area contributed by atoms with E-state index < -0.39 is 0 Å². The van der Waals surface area contributed by atoms with Gasteiger partial charge >= 0.3 is 0 Å². The Balaban J connectivity index is 1.54. The van der Waals surface area contributed by atoms with E-state index >= 15 is 0 Å². The van der Waals surface area contributed by atoms with E-state index in [1.165, 1.54) is 29.2 Å². The van der Waals surface area contributed by atoms with Gasteiger partial charge in [0.2, 0.25) is 17.0 Å².